The first-order valence-electron chi connectivity index (χ1n) is 10.6. The minimum atomic E-state index is -0.106. The number of likely N-dealkylation sites (N-methyl/N-ethyl adjacent to an activating group) is 1. The minimum absolute atomic E-state index is 0.106. The highest BCUT2D eigenvalue weighted by Crippen LogP contribution is 2.24. The fraction of sp³-hybridized carbons (Fsp3) is 0.250. The second kappa shape index (κ2) is 9.49. The topological polar surface area (TPSA) is 75.4 Å². The van der Waals surface area contributed by atoms with E-state index in [1.165, 1.54) is 0 Å². The summed E-state index contributed by atoms with van der Waals surface area (Å²) in [5, 5.41) is 7.39. The Labute approximate surface area is 181 Å². The fourth-order valence-electron chi connectivity index (χ4n) is 3.51. The highest BCUT2D eigenvalue weighted by molar-refractivity contribution is 5.95. The van der Waals surface area contributed by atoms with Gasteiger partial charge in [-0.2, -0.15) is 5.10 Å². The molecule has 0 saturated carbocycles. The minimum Gasteiger partial charge on any atom is -0.351 e. The van der Waals surface area contributed by atoms with Crippen LogP contribution in [-0.2, 0) is 0 Å². The lowest BCUT2D eigenvalue weighted by atomic mass is 10.1. The van der Waals surface area contributed by atoms with Gasteiger partial charge in [-0.15, -0.1) is 0 Å². The molecule has 0 radical (unpaired) electrons. The molecule has 0 spiro atoms. The van der Waals surface area contributed by atoms with Crippen molar-refractivity contribution in [2.24, 2.45) is 0 Å². The van der Waals surface area contributed by atoms with Crippen molar-refractivity contribution in [1.29, 1.82) is 0 Å². The lowest BCUT2D eigenvalue weighted by Crippen LogP contribution is -2.34. The van der Waals surface area contributed by atoms with Gasteiger partial charge in [0.05, 0.1) is 23.1 Å². The Morgan fingerprint density at radius 2 is 1.87 bits per heavy atom. The van der Waals surface area contributed by atoms with E-state index in [9.17, 15) is 4.79 Å². The second-order valence-electron chi connectivity index (χ2n) is 7.22. The molecule has 158 valence electrons. The Morgan fingerprint density at radius 3 is 2.65 bits per heavy atom. The number of nitrogens with one attached hydrogen (secondary N) is 1. The van der Waals surface area contributed by atoms with Gasteiger partial charge < -0.3 is 10.2 Å². The smallest absolute Gasteiger partial charge is 0.251 e. The van der Waals surface area contributed by atoms with Crippen LogP contribution in [0.5, 0.6) is 0 Å². The number of carbonyl (C=O) groups excluding carboxylic acids is 1. The van der Waals surface area contributed by atoms with Gasteiger partial charge in [-0.1, -0.05) is 44.2 Å². The second-order valence-corrected chi connectivity index (χ2v) is 7.22. The lowest BCUT2D eigenvalue weighted by Gasteiger charge is -2.17. The van der Waals surface area contributed by atoms with Gasteiger partial charge in [0.15, 0.2) is 5.65 Å². The molecule has 7 heteroatoms. The van der Waals surface area contributed by atoms with Crippen LogP contribution in [0, 0.1) is 0 Å². The maximum absolute atomic E-state index is 12.6. The van der Waals surface area contributed by atoms with Crippen LogP contribution in [0.2, 0.25) is 0 Å². The van der Waals surface area contributed by atoms with E-state index < -0.39 is 0 Å². The summed E-state index contributed by atoms with van der Waals surface area (Å²) in [6.45, 7) is 7.62. The zero-order valence-electron chi connectivity index (χ0n) is 17.8. The predicted molar refractivity (Wildman–Crippen MR) is 122 cm³/mol. The molecule has 31 heavy (non-hydrogen) atoms. The monoisotopic (exact) mass is 414 g/mol. The number of pyridine rings is 1. The van der Waals surface area contributed by atoms with Crippen molar-refractivity contribution in [3.63, 3.8) is 0 Å². The summed E-state index contributed by atoms with van der Waals surface area (Å²) in [5.41, 5.74) is 4.63. The van der Waals surface area contributed by atoms with Crippen molar-refractivity contribution >= 4 is 11.6 Å². The normalized spacial score (nSPS) is 11.2. The summed E-state index contributed by atoms with van der Waals surface area (Å²) in [6.07, 6.45) is 5.28. The van der Waals surface area contributed by atoms with Crippen LogP contribution in [0.1, 0.15) is 24.2 Å². The van der Waals surface area contributed by atoms with E-state index in [1.54, 1.807) is 29.0 Å². The van der Waals surface area contributed by atoms with E-state index >= 15 is 0 Å². The van der Waals surface area contributed by atoms with Gasteiger partial charge in [0.25, 0.3) is 5.91 Å². The SMILES string of the molecule is CCN(CC)CCNC(=O)c1ccnc(-c2cnn3ccc(-c4ccccc4)nc23)c1. The molecule has 7 nitrogen and oxygen atoms in total. The predicted octanol–water partition coefficient (Wildman–Crippen LogP) is 3.53. The van der Waals surface area contributed by atoms with Gasteiger partial charge in [0.1, 0.15) is 0 Å². The van der Waals surface area contributed by atoms with E-state index in [2.05, 4.69) is 34.1 Å². The van der Waals surface area contributed by atoms with Crippen molar-refractivity contribution in [3.8, 4) is 22.5 Å². The number of benzene rings is 1. The summed E-state index contributed by atoms with van der Waals surface area (Å²) in [6, 6.07) is 15.5. The number of nitrogens with zero attached hydrogens (tertiary/aromatic N) is 5. The van der Waals surface area contributed by atoms with Crippen LogP contribution in [0.25, 0.3) is 28.2 Å². The summed E-state index contributed by atoms with van der Waals surface area (Å²) >= 11 is 0. The molecule has 1 aromatic carbocycles. The molecule has 3 heterocycles. The standard InChI is InChI=1S/C24H26N6O/c1-3-29(4-2)15-13-26-24(31)19-10-12-25-22(16-19)20-17-27-30-14-11-21(28-23(20)30)18-8-6-5-7-9-18/h5-12,14,16-17H,3-4,13,15H2,1-2H3,(H,26,31). The third-order valence-corrected chi connectivity index (χ3v) is 5.34. The summed E-state index contributed by atoms with van der Waals surface area (Å²) in [5.74, 6) is -0.106. The highest BCUT2D eigenvalue weighted by atomic mass is 16.1. The third kappa shape index (κ3) is 4.62. The van der Waals surface area contributed by atoms with E-state index in [-0.39, 0.29) is 5.91 Å². The first-order valence-corrected chi connectivity index (χ1v) is 10.6. The Hall–Kier alpha value is -3.58. The average Bonchev–Trinajstić information content (AvgIpc) is 3.26. The highest BCUT2D eigenvalue weighted by Gasteiger charge is 2.14. The molecule has 0 saturated heterocycles. The summed E-state index contributed by atoms with van der Waals surface area (Å²) in [7, 11) is 0. The van der Waals surface area contributed by atoms with Crippen molar-refractivity contribution in [2.75, 3.05) is 26.2 Å². The van der Waals surface area contributed by atoms with Gasteiger partial charge in [-0.25, -0.2) is 9.50 Å². The van der Waals surface area contributed by atoms with Crippen LogP contribution in [0.3, 0.4) is 0 Å². The molecule has 4 aromatic rings. The van der Waals surface area contributed by atoms with Gasteiger partial charge in [-0.05, 0) is 31.3 Å². The van der Waals surface area contributed by atoms with E-state index in [1.807, 2.05) is 42.6 Å². The molecule has 0 aliphatic heterocycles. The van der Waals surface area contributed by atoms with Crippen molar-refractivity contribution < 1.29 is 4.79 Å². The number of carbonyl (C=O) groups is 1. The van der Waals surface area contributed by atoms with Crippen molar-refractivity contribution in [3.05, 3.63) is 72.7 Å². The van der Waals surface area contributed by atoms with Crippen LogP contribution in [0.4, 0.5) is 0 Å². The van der Waals surface area contributed by atoms with Gasteiger partial charge in [-0.3, -0.25) is 9.78 Å². The van der Waals surface area contributed by atoms with Gasteiger partial charge >= 0.3 is 0 Å². The number of aromatic nitrogens is 4. The number of hydrogen-bond acceptors (Lipinski definition) is 5. The lowest BCUT2D eigenvalue weighted by molar-refractivity contribution is 0.0949. The van der Waals surface area contributed by atoms with E-state index in [0.717, 1.165) is 36.5 Å². The quantitative estimate of drug-likeness (QED) is 0.477. The zero-order valence-corrected chi connectivity index (χ0v) is 17.8. The van der Waals surface area contributed by atoms with Crippen LogP contribution in [0.15, 0.2) is 67.1 Å². The Kier molecular flexibility index (Phi) is 6.33. The molecular weight excluding hydrogens is 388 g/mol. The Balaban J connectivity index is 1.58. The van der Waals surface area contributed by atoms with Crippen LogP contribution in [-0.4, -0.2) is 56.6 Å². The molecule has 4 rings (SSSR count). The van der Waals surface area contributed by atoms with Crippen molar-refractivity contribution in [2.45, 2.75) is 13.8 Å². The molecule has 0 aliphatic rings. The van der Waals surface area contributed by atoms with Crippen LogP contribution < -0.4 is 5.32 Å². The molecule has 0 bridgehead atoms. The molecule has 0 aliphatic carbocycles. The summed E-state index contributed by atoms with van der Waals surface area (Å²) < 4.78 is 1.72. The number of fused-ring (bicyclic) bond motifs is 1. The molecule has 1 amide bonds. The van der Waals surface area contributed by atoms with Gasteiger partial charge in [0, 0.05) is 36.6 Å². The number of hydrogen-bond donors (Lipinski definition) is 1. The van der Waals surface area contributed by atoms with Gasteiger partial charge in [0.2, 0.25) is 0 Å². The maximum atomic E-state index is 12.6. The molecular formula is C24H26N6O. The largest absolute Gasteiger partial charge is 0.351 e. The average molecular weight is 415 g/mol. The number of amides is 1. The molecule has 0 atom stereocenters. The zero-order chi connectivity index (χ0) is 21.6. The Morgan fingerprint density at radius 1 is 1.06 bits per heavy atom. The molecule has 0 unspecified atom stereocenters. The molecule has 1 N–H and O–H groups in total. The third-order valence-electron chi connectivity index (χ3n) is 5.34. The first-order chi connectivity index (χ1) is 15.2. The number of rotatable bonds is 8. The summed E-state index contributed by atoms with van der Waals surface area (Å²) in [4.78, 5) is 24.2. The van der Waals surface area contributed by atoms with E-state index in [4.69, 9.17) is 4.98 Å². The molecule has 3 aromatic heterocycles. The van der Waals surface area contributed by atoms with Crippen LogP contribution >= 0.6 is 0 Å². The Bertz CT molecular complexity index is 1170. The first kappa shape index (κ1) is 20.7. The van der Waals surface area contributed by atoms with Crippen molar-refractivity contribution in [1.82, 2.24) is 29.8 Å². The fourth-order valence-corrected chi connectivity index (χ4v) is 3.51. The van der Waals surface area contributed by atoms with E-state index in [0.29, 0.717) is 23.4 Å². The maximum Gasteiger partial charge on any atom is 0.251 e. The molecule has 0 fully saturated rings.